The molecule has 0 saturated carbocycles. The molecule has 0 fully saturated rings. The number of carbonyl (C=O) groups excluding carboxylic acids is 1. The van der Waals surface area contributed by atoms with Crippen LogP contribution in [-0.4, -0.2) is 19.1 Å². The smallest absolute Gasteiger partial charge is 0.226 e. The number of ether oxygens (including phenoxy) is 1. The van der Waals surface area contributed by atoms with E-state index in [1.54, 1.807) is 18.2 Å². The minimum Gasteiger partial charge on any atom is -0.397 e. The van der Waals surface area contributed by atoms with Gasteiger partial charge in [0.25, 0.3) is 0 Å². The first-order valence-electron chi connectivity index (χ1n) is 6.91. The van der Waals surface area contributed by atoms with Crippen LogP contribution in [0.2, 0.25) is 5.02 Å². The number of nitrogen functional groups attached to an aromatic ring is 1. The molecule has 112 valence electrons. The lowest BCUT2D eigenvalue weighted by atomic mass is 10.1. The van der Waals surface area contributed by atoms with Crippen molar-refractivity contribution in [2.24, 2.45) is 5.92 Å². The summed E-state index contributed by atoms with van der Waals surface area (Å²) >= 11 is 5.81. The monoisotopic (exact) mass is 298 g/mol. The molecule has 0 aromatic heterocycles. The zero-order chi connectivity index (χ0) is 15.0. The van der Waals surface area contributed by atoms with Crippen molar-refractivity contribution in [1.82, 2.24) is 0 Å². The lowest BCUT2D eigenvalue weighted by Gasteiger charge is -2.08. The molecule has 0 heterocycles. The molecule has 0 unspecified atom stereocenters. The van der Waals surface area contributed by atoms with E-state index >= 15 is 0 Å². The molecular formula is C15H23ClN2O2. The Kier molecular flexibility index (Phi) is 7.41. The number of nitrogens with two attached hydrogens (primary N) is 1. The van der Waals surface area contributed by atoms with Crippen LogP contribution in [0.4, 0.5) is 11.4 Å². The van der Waals surface area contributed by atoms with Crippen LogP contribution >= 0.6 is 11.6 Å². The first kappa shape index (κ1) is 16.8. The molecule has 1 aromatic carbocycles. The summed E-state index contributed by atoms with van der Waals surface area (Å²) in [6.45, 7) is 5.52. The predicted molar refractivity (Wildman–Crippen MR) is 84.0 cm³/mol. The summed E-state index contributed by atoms with van der Waals surface area (Å²) in [6.07, 6.45) is 2.52. The summed E-state index contributed by atoms with van der Waals surface area (Å²) in [7, 11) is 0. The SMILES string of the molecule is CC(C)CCCOCCC(=O)Nc1ccc(Cl)c(N)c1. The molecule has 0 bridgehead atoms. The van der Waals surface area contributed by atoms with Crippen molar-refractivity contribution in [2.75, 3.05) is 24.3 Å². The Balaban J connectivity index is 2.18. The fraction of sp³-hybridized carbons (Fsp3) is 0.533. The normalized spacial score (nSPS) is 10.8. The third-order valence-corrected chi connectivity index (χ3v) is 3.17. The minimum absolute atomic E-state index is 0.0874. The molecule has 1 rings (SSSR count). The van der Waals surface area contributed by atoms with Gasteiger partial charge in [0.15, 0.2) is 0 Å². The van der Waals surface area contributed by atoms with E-state index in [1.165, 1.54) is 0 Å². The van der Waals surface area contributed by atoms with Gasteiger partial charge >= 0.3 is 0 Å². The number of halogens is 1. The lowest BCUT2D eigenvalue weighted by molar-refractivity contribution is -0.117. The van der Waals surface area contributed by atoms with Gasteiger partial charge in [-0.1, -0.05) is 25.4 Å². The summed E-state index contributed by atoms with van der Waals surface area (Å²) in [6, 6.07) is 5.03. The maximum absolute atomic E-state index is 11.7. The van der Waals surface area contributed by atoms with Gasteiger partial charge in [-0.05, 0) is 37.0 Å². The van der Waals surface area contributed by atoms with Crippen LogP contribution in [0.25, 0.3) is 0 Å². The van der Waals surface area contributed by atoms with Crippen molar-refractivity contribution in [3.8, 4) is 0 Å². The zero-order valence-corrected chi connectivity index (χ0v) is 12.9. The van der Waals surface area contributed by atoms with Crippen molar-refractivity contribution < 1.29 is 9.53 Å². The molecule has 1 amide bonds. The highest BCUT2D eigenvalue weighted by Gasteiger charge is 2.04. The van der Waals surface area contributed by atoms with Gasteiger partial charge in [-0.2, -0.15) is 0 Å². The van der Waals surface area contributed by atoms with Gasteiger partial charge in [0.2, 0.25) is 5.91 Å². The molecule has 0 spiro atoms. The maximum Gasteiger partial charge on any atom is 0.226 e. The maximum atomic E-state index is 11.7. The average molecular weight is 299 g/mol. The van der Waals surface area contributed by atoms with Crippen molar-refractivity contribution in [1.29, 1.82) is 0 Å². The number of benzene rings is 1. The van der Waals surface area contributed by atoms with Crippen molar-refractivity contribution in [3.63, 3.8) is 0 Å². The quantitative estimate of drug-likeness (QED) is 0.568. The molecule has 1 aromatic rings. The highest BCUT2D eigenvalue weighted by molar-refractivity contribution is 6.33. The Morgan fingerprint density at radius 2 is 2.15 bits per heavy atom. The number of hydrogen-bond acceptors (Lipinski definition) is 3. The van der Waals surface area contributed by atoms with Crippen LogP contribution < -0.4 is 11.1 Å². The molecule has 20 heavy (non-hydrogen) atoms. The lowest BCUT2D eigenvalue weighted by Crippen LogP contribution is -2.14. The highest BCUT2D eigenvalue weighted by atomic mass is 35.5. The molecule has 0 aliphatic carbocycles. The Bertz CT molecular complexity index is 436. The van der Waals surface area contributed by atoms with Gasteiger partial charge < -0.3 is 15.8 Å². The Hall–Kier alpha value is -1.26. The van der Waals surface area contributed by atoms with E-state index in [2.05, 4.69) is 19.2 Å². The van der Waals surface area contributed by atoms with Crippen molar-refractivity contribution in [2.45, 2.75) is 33.1 Å². The first-order valence-corrected chi connectivity index (χ1v) is 7.29. The number of amides is 1. The van der Waals surface area contributed by atoms with Crippen LogP contribution in [0.5, 0.6) is 0 Å². The largest absolute Gasteiger partial charge is 0.397 e. The van der Waals surface area contributed by atoms with E-state index in [4.69, 9.17) is 22.1 Å². The molecule has 3 N–H and O–H groups in total. The fourth-order valence-corrected chi connectivity index (χ4v) is 1.82. The standard InChI is InChI=1S/C15H23ClN2O2/c1-11(2)4-3-8-20-9-7-15(19)18-12-5-6-13(16)14(17)10-12/h5-6,10-11H,3-4,7-9,17H2,1-2H3,(H,18,19). The summed E-state index contributed by atoms with van der Waals surface area (Å²) in [5.74, 6) is 0.604. The van der Waals surface area contributed by atoms with E-state index in [0.717, 1.165) is 12.8 Å². The number of carbonyl (C=O) groups is 1. The number of rotatable bonds is 8. The van der Waals surface area contributed by atoms with Crippen LogP contribution in [0.15, 0.2) is 18.2 Å². The van der Waals surface area contributed by atoms with E-state index in [9.17, 15) is 4.79 Å². The number of nitrogens with one attached hydrogen (secondary N) is 1. The van der Waals surface area contributed by atoms with Gasteiger partial charge in [-0.15, -0.1) is 0 Å². The van der Waals surface area contributed by atoms with Crippen LogP contribution in [0.3, 0.4) is 0 Å². The molecular weight excluding hydrogens is 276 g/mol. The summed E-state index contributed by atoms with van der Waals surface area (Å²) < 4.78 is 5.43. The van der Waals surface area contributed by atoms with E-state index in [1.807, 2.05) is 0 Å². The third-order valence-electron chi connectivity index (χ3n) is 2.82. The van der Waals surface area contributed by atoms with Gasteiger partial charge in [-0.25, -0.2) is 0 Å². The number of hydrogen-bond donors (Lipinski definition) is 2. The van der Waals surface area contributed by atoms with Crippen molar-refractivity contribution >= 4 is 28.9 Å². The second kappa shape index (κ2) is 8.82. The van der Waals surface area contributed by atoms with Crippen LogP contribution in [0, 0.1) is 5.92 Å². The van der Waals surface area contributed by atoms with Gasteiger partial charge in [-0.3, -0.25) is 4.79 Å². The summed E-state index contributed by atoms with van der Waals surface area (Å²) in [4.78, 5) is 11.7. The summed E-state index contributed by atoms with van der Waals surface area (Å²) in [5, 5.41) is 3.24. The molecule has 5 heteroatoms. The minimum atomic E-state index is -0.0874. The first-order chi connectivity index (χ1) is 9.49. The Labute approximate surface area is 125 Å². The van der Waals surface area contributed by atoms with Crippen LogP contribution in [-0.2, 0) is 9.53 Å². The van der Waals surface area contributed by atoms with E-state index in [0.29, 0.717) is 41.9 Å². The van der Waals surface area contributed by atoms with E-state index in [-0.39, 0.29) is 5.91 Å². The Morgan fingerprint density at radius 1 is 1.40 bits per heavy atom. The molecule has 0 atom stereocenters. The molecule has 0 aliphatic heterocycles. The average Bonchev–Trinajstić information content (AvgIpc) is 2.38. The topological polar surface area (TPSA) is 64.3 Å². The van der Waals surface area contributed by atoms with Crippen LogP contribution in [0.1, 0.15) is 33.1 Å². The Morgan fingerprint density at radius 3 is 2.80 bits per heavy atom. The van der Waals surface area contributed by atoms with Gasteiger partial charge in [0, 0.05) is 12.3 Å². The second-order valence-electron chi connectivity index (χ2n) is 5.18. The molecule has 4 nitrogen and oxygen atoms in total. The molecule has 0 aliphatic rings. The van der Waals surface area contributed by atoms with Gasteiger partial charge in [0.1, 0.15) is 0 Å². The molecule has 0 radical (unpaired) electrons. The van der Waals surface area contributed by atoms with Crippen molar-refractivity contribution in [3.05, 3.63) is 23.2 Å². The predicted octanol–water partition coefficient (Wildman–Crippen LogP) is 3.70. The second-order valence-corrected chi connectivity index (χ2v) is 5.59. The molecule has 0 saturated heterocycles. The zero-order valence-electron chi connectivity index (χ0n) is 12.1. The van der Waals surface area contributed by atoms with E-state index < -0.39 is 0 Å². The highest BCUT2D eigenvalue weighted by Crippen LogP contribution is 2.22. The van der Waals surface area contributed by atoms with Gasteiger partial charge in [0.05, 0.1) is 23.7 Å². The fourth-order valence-electron chi connectivity index (χ4n) is 1.71. The summed E-state index contributed by atoms with van der Waals surface area (Å²) in [5.41, 5.74) is 6.77. The third kappa shape index (κ3) is 6.78. The number of anilines is 2.